The van der Waals surface area contributed by atoms with E-state index in [0.29, 0.717) is 35.7 Å². The summed E-state index contributed by atoms with van der Waals surface area (Å²) in [6, 6.07) is 10.9. The molecule has 0 atom stereocenters. The molecule has 182 valence electrons. The molecule has 1 fully saturated rings. The molecule has 3 aromatic rings. The van der Waals surface area contributed by atoms with Crippen molar-refractivity contribution in [2.45, 2.75) is 25.8 Å². The first-order chi connectivity index (χ1) is 16.9. The zero-order valence-corrected chi connectivity index (χ0v) is 20.3. The molecule has 1 saturated heterocycles. The van der Waals surface area contributed by atoms with E-state index < -0.39 is 0 Å². The van der Waals surface area contributed by atoms with Gasteiger partial charge in [-0.2, -0.15) is 5.26 Å². The van der Waals surface area contributed by atoms with Gasteiger partial charge in [-0.1, -0.05) is 6.07 Å². The van der Waals surface area contributed by atoms with Crippen LogP contribution in [-0.2, 0) is 4.74 Å². The number of ether oxygens (including phenoxy) is 1. The summed E-state index contributed by atoms with van der Waals surface area (Å²) in [6.45, 7) is 4.77. The standard InChI is InChI=1S/C26H30N6O3/c1-18-14-19(15-27)4-6-22(18)23-17-29-32(26(23)34)24-7-5-20(16-28-24)25(33)31(12-13-35-3)21-8-10-30(2)11-9-21/h4-7,14,16-17,21,29H,8-13H2,1-3H3. The van der Waals surface area contributed by atoms with E-state index in [4.69, 9.17) is 10.00 Å². The summed E-state index contributed by atoms with van der Waals surface area (Å²) < 4.78 is 6.59. The summed E-state index contributed by atoms with van der Waals surface area (Å²) in [6.07, 6.45) is 5.00. The molecule has 0 aliphatic carbocycles. The minimum absolute atomic E-state index is 0.0802. The number of aryl methyl sites for hydroxylation is 1. The van der Waals surface area contributed by atoms with Crippen LogP contribution in [0.25, 0.3) is 16.9 Å². The Balaban J connectivity index is 1.56. The number of benzene rings is 1. The number of nitrogens with one attached hydrogen (secondary N) is 1. The van der Waals surface area contributed by atoms with Gasteiger partial charge in [-0.05, 0) is 75.3 Å². The number of likely N-dealkylation sites (tertiary alicyclic amines) is 1. The predicted molar refractivity (Wildman–Crippen MR) is 133 cm³/mol. The van der Waals surface area contributed by atoms with Crippen molar-refractivity contribution in [3.8, 4) is 23.0 Å². The van der Waals surface area contributed by atoms with Crippen molar-refractivity contribution in [1.82, 2.24) is 24.6 Å². The molecule has 1 aromatic carbocycles. The first-order valence-corrected chi connectivity index (χ1v) is 11.7. The molecule has 2 aromatic heterocycles. The van der Waals surface area contributed by atoms with Crippen LogP contribution in [0, 0.1) is 18.3 Å². The summed E-state index contributed by atoms with van der Waals surface area (Å²) >= 11 is 0. The maximum absolute atomic E-state index is 13.3. The lowest BCUT2D eigenvalue weighted by Gasteiger charge is -2.37. The summed E-state index contributed by atoms with van der Waals surface area (Å²) in [5.41, 5.74) is 2.85. The fourth-order valence-electron chi connectivity index (χ4n) is 4.53. The number of aromatic nitrogens is 3. The first-order valence-electron chi connectivity index (χ1n) is 11.7. The Kier molecular flexibility index (Phi) is 7.44. The number of carbonyl (C=O) groups is 1. The van der Waals surface area contributed by atoms with E-state index in [9.17, 15) is 9.59 Å². The molecule has 0 saturated carbocycles. The number of piperidine rings is 1. The second-order valence-electron chi connectivity index (χ2n) is 8.90. The van der Waals surface area contributed by atoms with E-state index >= 15 is 0 Å². The third-order valence-electron chi connectivity index (χ3n) is 6.57. The molecule has 9 nitrogen and oxygen atoms in total. The Hall–Kier alpha value is -3.74. The molecular weight excluding hydrogens is 444 g/mol. The summed E-state index contributed by atoms with van der Waals surface area (Å²) in [5.74, 6) is 0.315. The van der Waals surface area contributed by atoms with Gasteiger partial charge in [0.1, 0.15) is 0 Å². The van der Waals surface area contributed by atoms with Crippen LogP contribution in [0.5, 0.6) is 0 Å². The van der Waals surface area contributed by atoms with E-state index in [1.54, 1.807) is 43.6 Å². The molecule has 9 heteroatoms. The number of amides is 1. The van der Waals surface area contributed by atoms with Gasteiger partial charge in [0.15, 0.2) is 5.82 Å². The number of methoxy groups -OCH3 is 1. The fourth-order valence-corrected chi connectivity index (χ4v) is 4.53. The average Bonchev–Trinajstić information content (AvgIpc) is 3.26. The first kappa shape index (κ1) is 24.4. The molecule has 1 amide bonds. The van der Waals surface area contributed by atoms with Gasteiger partial charge < -0.3 is 14.5 Å². The second-order valence-corrected chi connectivity index (χ2v) is 8.90. The van der Waals surface area contributed by atoms with Crippen LogP contribution in [0.4, 0.5) is 0 Å². The maximum atomic E-state index is 13.3. The van der Waals surface area contributed by atoms with Crippen molar-refractivity contribution in [1.29, 1.82) is 5.26 Å². The summed E-state index contributed by atoms with van der Waals surface area (Å²) in [4.78, 5) is 35.0. The lowest BCUT2D eigenvalue weighted by molar-refractivity contribution is 0.0504. The van der Waals surface area contributed by atoms with Crippen LogP contribution < -0.4 is 5.56 Å². The molecule has 1 aliphatic rings. The molecular formula is C26H30N6O3. The molecule has 0 spiro atoms. The number of hydrogen-bond acceptors (Lipinski definition) is 6. The Labute approximate surface area is 204 Å². The third kappa shape index (κ3) is 5.19. The van der Waals surface area contributed by atoms with Crippen molar-refractivity contribution >= 4 is 5.91 Å². The highest BCUT2D eigenvalue weighted by Crippen LogP contribution is 2.22. The van der Waals surface area contributed by atoms with Gasteiger partial charge in [-0.3, -0.25) is 14.7 Å². The van der Waals surface area contributed by atoms with Crippen LogP contribution >= 0.6 is 0 Å². The minimum Gasteiger partial charge on any atom is -0.383 e. The SMILES string of the molecule is COCCN(C(=O)c1ccc(-n2[nH]cc(-c3ccc(C#N)cc3C)c2=O)nc1)C1CCN(C)CC1. The van der Waals surface area contributed by atoms with Crippen molar-refractivity contribution in [3.63, 3.8) is 0 Å². The number of hydrogen-bond donors (Lipinski definition) is 1. The Bertz CT molecular complexity index is 1280. The van der Waals surface area contributed by atoms with Gasteiger partial charge in [-0.25, -0.2) is 9.67 Å². The highest BCUT2D eigenvalue weighted by atomic mass is 16.5. The topological polar surface area (TPSA) is 107 Å². The number of rotatable bonds is 7. The lowest BCUT2D eigenvalue weighted by atomic mass is 10.0. The van der Waals surface area contributed by atoms with Crippen molar-refractivity contribution in [3.05, 3.63) is 69.8 Å². The highest BCUT2D eigenvalue weighted by Gasteiger charge is 2.27. The molecule has 0 bridgehead atoms. The monoisotopic (exact) mass is 474 g/mol. The number of H-pyrrole nitrogens is 1. The maximum Gasteiger partial charge on any atom is 0.280 e. The summed E-state index contributed by atoms with van der Waals surface area (Å²) in [7, 11) is 3.73. The normalized spacial score (nSPS) is 14.6. The zero-order valence-electron chi connectivity index (χ0n) is 20.3. The number of nitriles is 1. The molecule has 1 N–H and O–H groups in total. The van der Waals surface area contributed by atoms with Crippen LogP contribution in [0.1, 0.15) is 34.3 Å². The van der Waals surface area contributed by atoms with Crippen LogP contribution in [0.3, 0.4) is 0 Å². The van der Waals surface area contributed by atoms with E-state index in [-0.39, 0.29) is 17.5 Å². The van der Waals surface area contributed by atoms with Gasteiger partial charge in [0, 0.05) is 32.1 Å². The van der Waals surface area contributed by atoms with Gasteiger partial charge in [0.2, 0.25) is 0 Å². The fraction of sp³-hybridized carbons (Fsp3) is 0.385. The minimum atomic E-state index is -0.252. The smallest absolute Gasteiger partial charge is 0.280 e. The lowest BCUT2D eigenvalue weighted by Crippen LogP contribution is -2.47. The number of carbonyl (C=O) groups excluding carboxylic acids is 1. The molecule has 3 heterocycles. The molecule has 0 unspecified atom stereocenters. The van der Waals surface area contributed by atoms with E-state index in [1.165, 1.54) is 10.9 Å². The molecule has 4 rings (SSSR count). The van der Waals surface area contributed by atoms with E-state index in [2.05, 4.69) is 28.1 Å². The zero-order chi connectivity index (χ0) is 24.9. The predicted octanol–water partition coefficient (Wildman–Crippen LogP) is 2.59. The van der Waals surface area contributed by atoms with E-state index in [0.717, 1.165) is 37.1 Å². The van der Waals surface area contributed by atoms with Crippen molar-refractivity contribution in [2.24, 2.45) is 0 Å². The number of aromatic amines is 1. The second kappa shape index (κ2) is 10.7. The quantitative estimate of drug-likeness (QED) is 0.564. The van der Waals surface area contributed by atoms with Gasteiger partial charge >= 0.3 is 0 Å². The van der Waals surface area contributed by atoms with E-state index in [1.807, 2.05) is 11.8 Å². The van der Waals surface area contributed by atoms with Crippen molar-refractivity contribution < 1.29 is 9.53 Å². The largest absolute Gasteiger partial charge is 0.383 e. The van der Waals surface area contributed by atoms with Crippen LogP contribution in [0.15, 0.2) is 47.5 Å². The third-order valence-corrected chi connectivity index (χ3v) is 6.57. The molecule has 1 aliphatic heterocycles. The Morgan fingerprint density at radius 3 is 2.66 bits per heavy atom. The molecule has 0 radical (unpaired) electrons. The van der Waals surface area contributed by atoms with Crippen molar-refractivity contribution in [2.75, 3.05) is 40.4 Å². The van der Waals surface area contributed by atoms with Crippen LogP contribution in [-0.4, -0.2) is 76.9 Å². The summed E-state index contributed by atoms with van der Waals surface area (Å²) in [5, 5.41) is 12.0. The van der Waals surface area contributed by atoms with Gasteiger partial charge in [0.05, 0.1) is 29.4 Å². The van der Waals surface area contributed by atoms with Crippen LogP contribution in [0.2, 0.25) is 0 Å². The average molecular weight is 475 g/mol. The molecule has 35 heavy (non-hydrogen) atoms. The van der Waals surface area contributed by atoms with Gasteiger partial charge in [0.25, 0.3) is 11.5 Å². The number of nitrogens with zero attached hydrogens (tertiary/aromatic N) is 5. The Morgan fingerprint density at radius 2 is 2.03 bits per heavy atom. The van der Waals surface area contributed by atoms with Gasteiger partial charge in [-0.15, -0.1) is 0 Å². The highest BCUT2D eigenvalue weighted by molar-refractivity contribution is 5.94. The number of pyridine rings is 1. The Morgan fingerprint density at radius 1 is 1.26 bits per heavy atom.